The van der Waals surface area contributed by atoms with Gasteiger partial charge in [0, 0.05) is 30.4 Å². The Hall–Kier alpha value is -3.46. The van der Waals surface area contributed by atoms with Crippen LogP contribution in [-0.2, 0) is 21.2 Å². The molecule has 2 heterocycles. The number of amides is 1. The van der Waals surface area contributed by atoms with Crippen molar-refractivity contribution < 1.29 is 13.2 Å². The first kappa shape index (κ1) is 20.8. The van der Waals surface area contributed by atoms with Gasteiger partial charge in [-0.25, -0.2) is 8.42 Å². The van der Waals surface area contributed by atoms with Crippen LogP contribution < -0.4 is 4.72 Å². The van der Waals surface area contributed by atoms with Gasteiger partial charge in [-0.1, -0.05) is 42.5 Å². The molecule has 3 aromatic rings. The summed E-state index contributed by atoms with van der Waals surface area (Å²) in [5.41, 5.74) is 3.46. The molecule has 0 saturated carbocycles. The lowest BCUT2D eigenvalue weighted by Gasteiger charge is -2.15. The largest absolute Gasteiger partial charge is 0.344 e. The number of H-pyrrole nitrogens is 1. The van der Waals surface area contributed by atoms with Crippen molar-refractivity contribution in [2.24, 2.45) is 4.99 Å². The minimum Gasteiger partial charge on any atom is -0.344 e. The van der Waals surface area contributed by atoms with E-state index in [4.69, 9.17) is 0 Å². The van der Waals surface area contributed by atoms with Crippen molar-refractivity contribution in [1.82, 2.24) is 19.8 Å². The number of nitrogens with one attached hydrogen (secondary N) is 2. The van der Waals surface area contributed by atoms with Crippen molar-refractivity contribution in [3.8, 4) is 11.3 Å². The minimum atomic E-state index is -3.60. The number of amidine groups is 1. The molecule has 0 atom stereocenters. The fraction of sp³-hybridized carbons (Fsp3) is 0.227. The molecular weight excluding hydrogens is 414 g/mol. The lowest BCUT2D eigenvalue weighted by atomic mass is 10.1. The summed E-state index contributed by atoms with van der Waals surface area (Å²) >= 11 is 0. The van der Waals surface area contributed by atoms with Gasteiger partial charge in [-0.2, -0.15) is 5.10 Å². The van der Waals surface area contributed by atoms with Crippen molar-refractivity contribution >= 4 is 21.8 Å². The van der Waals surface area contributed by atoms with Gasteiger partial charge in [0.2, 0.25) is 5.91 Å². The molecule has 160 valence electrons. The maximum atomic E-state index is 12.4. The first-order valence-electron chi connectivity index (χ1n) is 9.94. The summed E-state index contributed by atoms with van der Waals surface area (Å²) in [6.45, 7) is 0.441. The molecule has 31 heavy (non-hydrogen) atoms. The van der Waals surface area contributed by atoms with E-state index >= 15 is 0 Å². The molecule has 1 amide bonds. The molecule has 9 heteroatoms. The molecule has 2 aromatic carbocycles. The van der Waals surface area contributed by atoms with E-state index in [9.17, 15) is 13.2 Å². The number of benzene rings is 2. The highest BCUT2D eigenvalue weighted by Crippen LogP contribution is 2.22. The molecule has 0 saturated heterocycles. The number of carbonyl (C=O) groups excluding carboxylic acids is 1. The van der Waals surface area contributed by atoms with Crippen molar-refractivity contribution in [3.05, 3.63) is 71.9 Å². The normalized spacial score (nSPS) is 15.5. The first-order chi connectivity index (χ1) is 14.9. The van der Waals surface area contributed by atoms with Crippen LogP contribution in [0.1, 0.15) is 17.7 Å². The quantitative estimate of drug-likeness (QED) is 0.591. The molecule has 4 rings (SSSR count). The molecule has 0 spiro atoms. The third kappa shape index (κ3) is 4.66. The number of aromatic nitrogens is 2. The van der Waals surface area contributed by atoms with Crippen molar-refractivity contribution in [3.63, 3.8) is 0 Å². The highest BCUT2D eigenvalue weighted by Gasteiger charge is 2.30. The Morgan fingerprint density at radius 3 is 2.65 bits per heavy atom. The van der Waals surface area contributed by atoms with Crippen LogP contribution >= 0.6 is 0 Å². The number of nitrogens with zero attached hydrogens (tertiary/aromatic N) is 3. The van der Waals surface area contributed by atoms with Gasteiger partial charge in [0.25, 0.3) is 10.0 Å². The monoisotopic (exact) mass is 437 g/mol. The van der Waals surface area contributed by atoms with Gasteiger partial charge in [0.1, 0.15) is 12.4 Å². The van der Waals surface area contributed by atoms with E-state index in [-0.39, 0.29) is 23.2 Å². The number of hydrogen-bond donors (Lipinski definition) is 2. The average Bonchev–Trinajstić information content (AvgIpc) is 3.35. The predicted octanol–water partition coefficient (Wildman–Crippen LogP) is 2.21. The standard InChI is InChI=1S/C22H23N5O3S/c1-27(13-7-10-17-14-19(25-24-17)16-8-3-2-4-9-16)21(28)15-23-22-18-11-5-6-12-20(18)31(29,30)26-22/h2-6,8-9,11-12,14H,7,10,13,15H2,1H3,(H,23,26)(H,24,25). The van der Waals surface area contributed by atoms with E-state index in [1.807, 2.05) is 36.4 Å². The zero-order valence-corrected chi connectivity index (χ0v) is 17.9. The van der Waals surface area contributed by atoms with Gasteiger partial charge < -0.3 is 4.90 Å². The maximum absolute atomic E-state index is 12.4. The zero-order chi connectivity index (χ0) is 21.8. The van der Waals surface area contributed by atoms with E-state index < -0.39 is 10.0 Å². The number of aliphatic imine (C=N–C) groups is 1. The SMILES string of the molecule is CN(CCCc1cc(-c2ccccc2)n[nH]1)C(=O)CN=C1NS(=O)(=O)c2ccccc21. The van der Waals surface area contributed by atoms with E-state index in [0.29, 0.717) is 12.1 Å². The molecule has 0 aliphatic carbocycles. The Kier molecular flexibility index (Phi) is 5.85. The summed E-state index contributed by atoms with van der Waals surface area (Å²) in [6.07, 6.45) is 1.53. The lowest BCUT2D eigenvalue weighted by Crippen LogP contribution is -2.31. The fourth-order valence-electron chi connectivity index (χ4n) is 3.40. The van der Waals surface area contributed by atoms with Gasteiger partial charge in [-0.3, -0.25) is 19.6 Å². The average molecular weight is 438 g/mol. The van der Waals surface area contributed by atoms with Crippen LogP contribution in [0.2, 0.25) is 0 Å². The van der Waals surface area contributed by atoms with Crippen molar-refractivity contribution in [2.75, 3.05) is 20.1 Å². The summed E-state index contributed by atoms with van der Waals surface area (Å²) in [5.74, 6) is 0.0360. The van der Waals surface area contributed by atoms with Crippen molar-refractivity contribution in [1.29, 1.82) is 0 Å². The summed E-state index contributed by atoms with van der Waals surface area (Å²) < 4.78 is 26.6. The number of fused-ring (bicyclic) bond motifs is 1. The summed E-state index contributed by atoms with van der Waals surface area (Å²) in [7, 11) is -1.88. The van der Waals surface area contributed by atoms with Gasteiger partial charge in [-0.15, -0.1) is 0 Å². The number of likely N-dealkylation sites (N-methyl/N-ethyl adjacent to an activating group) is 1. The second-order valence-electron chi connectivity index (χ2n) is 7.33. The molecule has 0 unspecified atom stereocenters. The van der Waals surface area contributed by atoms with Crippen LogP contribution in [0.3, 0.4) is 0 Å². The molecule has 0 radical (unpaired) electrons. The number of sulfonamides is 1. The second-order valence-corrected chi connectivity index (χ2v) is 8.98. The van der Waals surface area contributed by atoms with E-state index in [1.54, 1.807) is 30.1 Å². The molecular formula is C22H23N5O3S. The van der Waals surface area contributed by atoms with Gasteiger partial charge in [-0.05, 0) is 31.0 Å². The summed E-state index contributed by atoms with van der Waals surface area (Å²) in [5, 5.41) is 7.39. The highest BCUT2D eigenvalue weighted by atomic mass is 32.2. The third-order valence-corrected chi connectivity index (χ3v) is 6.50. The Morgan fingerprint density at radius 2 is 1.84 bits per heavy atom. The van der Waals surface area contributed by atoms with Crippen LogP contribution in [0.5, 0.6) is 0 Å². The van der Waals surface area contributed by atoms with Gasteiger partial charge in [0.15, 0.2) is 0 Å². The molecule has 1 aliphatic rings. The van der Waals surface area contributed by atoms with Crippen LogP contribution in [0.25, 0.3) is 11.3 Å². The number of aromatic amines is 1. The van der Waals surface area contributed by atoms with Crippen LogP contribution in [0.4, 0.5) is 0 Å². The molecule has 8 nitrogen and oxygen atoms in total. The molecule has 2 N–H and O–H groups in total. The third-order valence-electron chi connectivity index (χ3n) is 5.10. The zero-order valence-electron chi connectivity index (χ0n) is 17.1. The minimum absolute atomic E-state index is 0.120. The smallest absolute Gasteiger partial charge is 0.263 e. The number of rotatable bonds is 7. The Labute approximate surface area is 181 Å². The molecule has 1 aromatic heterocycles. The topological polar surface area (TPSA) is 108 Å². The predicted molar refractivity (Wildman–Crippen MR) is 118 cm³/mol. The molecule has 0 fully saturated rings. The van der Waals surface area contributed by atoms with Crippen LogP contribution in [-0.4, -0.2) is 55.4 Å². The van der Waals surface area contributed by atoms with Crippen LogP contribution in [0.15, 0.2) is 70.6 Å². The molecule has 0 bridgehead atoms. The lowest BCUT2D eigenvalue weighted by molar-refractivity contribution is -0.128. The number of hydrogen-bond acceptors (Lipinski definition) is 5. The van der Waals surface area contributed by atoms with Gasteiger partial charge in [0.05, 0.1) is 10.6 Å². The van der Waals surface area contributed by atoms with E-state index in [0.717, 1.165) is 29.8 Å². The number of aryl methyl sites for hydroxylation is 1. The second kappa shape index (κ2) is 8.73. The Balaban J connectivity index is 1.29. The highest BCUT2D eigenvalue weighted by molar-refractivity contribution is 7.90. The Morgan fingerprint density at radius 1 is 1.10 bits per heavy atom. The van der Waals surface area contributed by atoms with Gasteiger partial charge >= 0.3 is 0 Å². The fourth-order valence-corrected chi connectivity index (χ4v) is 4.65. The summed E-state index contributed by atoms with van der Waals surface area (Å²) in [6, 6.07) is 18.5. The van der Waals surface area contributed by atoms with Crippen molar-refractivity contribution in [2.45, 2.75) is 17.7 Å². The first-order valence-corrected chi connectivity index (χ1v) is 11.4. The van der Waals surface area contributed by atoms with Crippen LogP contribution in [0, 0.1) is 0 Å². The maximum Gasteiger partial charge on any atom is 0.263 e. The molecule has 1 aliphatic heterocycles. The number of carbonyl (C=O) groups is 1. The van der Waals surface area contributed by atoms with E-state index in [1.165, 1.54) is 6.07 Å². The Bertz CT molecular complexity index is 1220. The summed E-state index contributed by atoms with van der Waals surface area (Å²) in [4.78, 5) is 18.4. The van der Waals surface area contributed by atoms with E-state index in [2.05, 4.69) is 19.9 Å².